The molecule has 2 rings (SSSR count). The van der Waals surface area contributed by atoms with Crippen molar-refractivity contribution >= 4 is 11.6 Å². The summed E-state index contributed by atoms with van der Waals surface area (Å²) in [5, 5.41) is 0. The van der Waals surface area contributed by atoms with Gasteiger partial charge in [-0.3, -0.25) is 19.4 Å². The molecule has 2 aliphatic rings. The lowest BCUT2D eigenvalue weighted by molar-refractivity contribution is -0.129. The SMILES string of the molecule is CN1CCCC(=O)[C@H]1CC[C@H]1C(=O)CCCN1C. The second-order valence-corrected chi connectivity index (χ2v) is 5.71. The summed E-state index contributed by atoms with van der Waals surface area (Å²) in [6.45, 7) is 2.01. The summed E-state index contributed by atoms with van der Waals surface area (Å²) in [4.78, 5) is 28.1. The number of Topliss-reactive ketones (excluding diaryl/α,β-unsaturated/α-hetero) is 2. The van der Waals surface area contributed by atoms with E-state index in [1.807, 2.05) is 14.1 Å². The number of likely N-dealkylation sites (tertiary alicyclic amines) is 2. The molecule has 0 N–H and O–H groups in total. The Morgan fingerprint density at radius 2 is 1.28 bits per heavy atom. The Bertz CT molecular complexity index is 298. The van der Waals surface area contributed by atoms with Crippen molar-refractivity contribution in [1.82, 2.24) is 9.80 Å². The van der Waals surface area contributed by atoms with E-state index in [4.69, 9.17) is 0 Å². The number of nitrogens with zero attached hydrogens (tertiary/aromatic N) is 2. The van der Waals surface area contributed by atoms with E-state index in [2.05, 4.69) is 9.80 Å². The van der Waals surface area contributed by atoms with Crippen molar-refractivity contribution in [3.63, 3.8) is 0 Å². The van der Waals surface area contributed by atoms with Crippen molar-refractivity contribution in [1.29, 1.82) is 0 Å². The van der Waals surface area contributed by atoms with E-state index in [-0.39, 0.29) is 12.1 Å². The summed E-state index contributed by atoms with van der Waals surface area (Å²) in [5.41, 5.74) is 0. The lowest BCUT2D eigenvalue weighted by Gasteiger charge is -2.35. The molecule has 4 nitrogen and oxygen atoms in total. The summed E-state index contributed by atoms with van der Waals surface area (Å²) >= 11 is 0. The Hall–Kier alpha value is -0.740. The highest BCUT2D eigenvalue weighted by molar-refractivity contribution is 5.86. The molecule has 4 heteroatoms. The minimum atomic E-state index is 0.0434. The third kappa shape index (κ3) is 2.98. The molecule has 0 amide bonds. The van der Waals surface area contributed by atoms with E-state index in [0.717, 1.165) is 38.8 Å². The van der Waals surface area contributed by atoms with Crippen molar-refractivity contribution in [2.45, 2.75) is 50.6 Å². The first-order valence-electron chi connectivity index (χ1n) is 7.05. The third-order valence-corrected chi connectivity index (χ3v) is 4.39. The average molecular weight is 252 g/mol. The lowest BCUT2D eigenvalue weighted by Crippen LogP contribution is -2.47. The number of piperidine rings is 2. The van der Waals surface area contributed by atoms with E-state index in [0.29, 0.717) is 24.4 Å². The molecule has 0 aromatic carbocycles. The van der Waals surface area contributed by atoms with Crippen LogP contribution >= 0.6 is 0 Å². The molecule has 0 unspecified atom stereocenters. The van der Waals surface area contributed by atoms with Gasteiger partial charge in [-0.15, -0.1) is 0 Å². The van der Waals surface area contributed by atoms with Crippen molar-refractivity contribution in [2.24, 2.45) is 0 Å². The average Bonchev–Trinajstić information content (AvgIpc) is 2.31. The fraction of sp³-hybridized carbons (Fsp3) is 0.857. The van der Waals surface area contributed by atoms with Gasteiger partial charge in [0.05, 0.1) is 12.1 Å². The van der Waals surface area contributed by atoms with Crippen molar-refractivity contribution in [2.75, 3.05) is 27.2 Å². The molecule has 102 valence electrons. The van der Waals surface area contributed by atoms with Gasteiger partial charge < -0.3 is 0 Å². The highest BCUT2D eigenvalue weighted by atomic mass is 16.1. The second-order valence-electron chi connectivity index (χ2n) is 5.71. The van der Waals surface area contributed by atoms with Gasteiger partial charge in [0, 0.05) is 12.8 Å². The van der Waals surface area contributed by atoms with Gasteiger partial charge in [-0.2, -0.15) is 0 Å². The Morgan fingerprint density at radius 3 is 1.61 bits per heavy atom. The fourth-order valence-corrected chi connectivity index (χ4v) is 3.22. The quantitative estimate of drug-likeness (QED) is 0.754. The normalized spacial score (nSPS) is 31.9. The van der Waals surface area contributed by atoms with Crippen LogP contribution in [0.2, 0.25) is 0 Å². The van der Waals surface area contributed by atoms with Crippen LogP contribution in [-0.2, 0) is 9.59 Å². The maximum atomic E-state index is 11.9. The Balaban J connectivity index is 1.89. The van der Waals surface area contributed by atoms with Gasteiger partial charge in [0.15, 0.2) is 0 Å². The van der Waals surface area contributed by atoms with Crippen LogP contribution in [0.5, 0.6) is 0 Å². The third-order valence-electron chi connectivity index (χ3n) is 4.39. The van der Waals surface area contributed by atoms with Gasteiger partial charge in [0.2, 0.25) is 0 Å². The van der Waals surface area contributed by atoms with Gasteiger partial charge in [-0.1, -0.05) is 0 Å². The smallest absolute Gasteiger partial charge is 0.150 e. The molecule has 0 bridgehead atoms. The van der Waals surface area contributed by atoms with Gasteiger partial charge >= 0.3 is 0 Å². The van der Waals surface area contributed by atoms with Crippen LogP contribution in [0.25, 0.3) is 0 Å². The van der Waals surface area contributed by atoms with E-state index in [1.165, 1.54) is 0 Å². The molecule has 18 heavy (non-hydrogen) atoms. The van der Waals surface area contributed by atoms with E-state index in [1.54, 1.807) is 0 Å². The van der Waals surface area contributed by atoms with Gasteiger partial charge in [-0.05, 0) is 52.9 Å². The predicted molar refractivity (Wildman–Crippen MR) is 70.6 cm³/mol. The number of likely N-dealkylation sites (N-methyl/N-ethyl adjacent to an activating group) is 2. The molecule has 2 aliphatic heterocycles. The number of ketones is 2. The van der Waals surface area contributed by atoms with Crippen molar-refractivity contribution < 1.29 is 9.59 Å². The highest BCUT2D eigenvalue weighted by Gasteiger charge is 2.31. The molecule has 0 aromatic heterocycles. The standard InChI is InChI=1S/C14H24N2O2/c1-15-9-3-5-13(17)11(15)7-8-12-14(18)6-4-10-16(12)2/h11-12H,3-10H2,1-2H3/t11-,12+. The summed E-state index contributed by atoms with van der Waals surface area (Å²) in [6.07, 6.45) is 5.04. The van der Waals surface area contributed by atoms with Crippen molar-refractivity contribution in [3.05, 3.63) is 0 Å². The molecule has 2 atom stereocenters. The number of hydrogen-bond donors (Lipinski definition) is 0. The van der Waals surface area contributed by atoms with Crippen LogP contribution in [0.4, 0.5) is 0 Å². The fourth-order valence-electron chi connectivity index (χ4n) is 3.22. The zero-order chi connectivity index (χ0) is 13.1. The van der Waals surface area contributed by atoms with E-state index >= 15 is 0 Å². The molecule has 2 saturated heterocycles. The van der Waals surface area contributed by atoms with Crippen molar-refractivity contribution in [3.8, 4) is 0 Å². The summed E-state index contributed by atoms with van der Waals surface area (Å²) in [5.74, 6) is 0.712. The van der Waals surface area contributed by atoms with Crippen LogP contribution in [0.15, 0.2) is 0 Å². The Kier molecular flexibility index (Phi) is 4.51. The lowest BCUT2D eigenvalue weighted by atomic mass is 9.91. The maximum absolute atomic E-state index is 11.9. The first-order chi connectivity index (χ1) is 8.59. The Labute approximate surface area is 109 Å². The molecule has 0 aromatic rings. The zero-order valence-corrected chi connectivity index (χ0v) is 11.5. The summed E-state index contributed by atoms with van der Waals surface area (Å²) in [6, 6.07) is 0.0868. The molecule has 2 heterocycles. The Morgan fingerprint density at radius 1 is 0.889 bits per heavy atom. The van der Waals surface area contributed by atoms with Crippen LogP contribution < -0.4 is 0 Å². The summed E-state index contributed by atoms with van der Waals surface area (Å²) in [7, 11) is 4.04. The van der Waals surface area contributed by atoms with Crippen LogP contribution in [-0.4, -0.2) is 60.6 Å². The highest BCUT2D eigenvalue weighted by Crippen LogP contribution is 2.21. The molecule has 0 radical (unpaired) electrons. The molecular formula is C14H24N2O2. The number of hydrogen-bond acceptors (Lipinski definition) is 4. The first kappa shape index (κ1) is 13.7. The zero-order valence-electron chi connectivity index (χ0n) is 11.5. The minimum absolute atomic E-state index is 0.0434. The predicted octanol–water partition coefficient (Wildman–Crippen LogP) is 1.09. The number of rotatable bonds is 3. The molecular weight excluding hydrogens is 228 g/mol. The molecule has 0 aliphatic carbocycles. The molecule has 2 fully saturated rings. The maximum Gasteiger partial charge on any atom is 0.150 e. The van der Waals surface area contributed by atoms with Gasteiger partial charge in [-0.25, -0.2) is 0 Å². The molecule has 0 spiro atoms. The monoisotopic (exact) mass is 252 g/mol. The topological polar surface area (TPSA) is 40.6 Å². The van der Waals surface area contributed by atoms with Crippen LogP contribution in [0.1, 0.15) is 38.5 Å². The first-order valence-corrected chi connectivity index (χ1v) is 7.05. The van der Waals surface area contributed by atoms with E-state index in [9.17, 15) is 9.59 Å². The minimum Gasteiger partial charge on any atom is -0.298 e. The summed E-state index contributed by atoms with van der Waals surface area (Å²) < 4.78 is 0. The number of carbonyl (C=O) groups is 2. The second kappa shape index (κ2) is 5.93. The van der Waals surface area contributed by atoms with Crippen LogP contribution in [0.3, 0.4) is 0 Å². The number of carbonyl (C=O) groups excluding carboxylic acids is 2. The van der Waals surface area contributed by atoms with Crippen LogP contribution in [0, 0.1) is 0 Å². The van der Waals surface area contributed by atoms with Gasteiger partial charge in [0.1, 0.15) is 11.6 Å². The van der Waals surface area contributed by atoms with Gasteiger partial charge in [0.25, 0.3) is 0 Å². The molecule has 0 saturated carbocycles. The largest absolute Gasteiger partial charge is 0.298 e. The van der Waals surface area contributed by atoms with E-state index < -0.39 is 0 Å².